The number of hydrogen-bond donors (Lipinski definition) is 1. The van der Waals surface area contributed by atoms with Crippen molar-refractivity contribution in [2.45, 2.75) is 26.3 Å². The molecule has 2 aromatic carbocycles. The van der Waals surface area contributed by atoms with Gasteiger partial charge < -0.3 is 19.4 Å². The average Bonchev–Trinajstić information content (AvgIpc) is 3.32. The van der Waals surface area contributed by atoms with Gasteiger partial charge in [0, 0.05) is 63.0 Å². The molecule has 0 aliphatic carbocycles. The van der Waals surface area contributed by atoms with Crippen LogP contribution in [0.3, 0.4) is 0 Å². The van der Waals surface area contributed by atoms with Crippen molar-refractivity contribution >= 4 is 28.2 Å². The Morgan fingerprint density at radius 1 is 1.25 bits per heavy atom. The van der Waals surface area contributed by atoms with Crippen molar-refractivity contribution in [2.24, 2.45) is 0 Å². The lowest BCUT2D eigenvalue weighted by molar-refractivity contribution is -0.125. The lowest BCUT2D eigenvalue weighted by Crippen LogP contribution is -2.38. The van der Waals surface area contributed by atoms with Gasteiger partial charge in [0.15, 0.2) is 5.82 Å². The SMILES string of the molecule is COC/C=C/C(=O)N(CCC#N)CCN(C)c1n[nH]c2c1CCN(c1cccc3cccc(C)c13)C2. The Balaban J connectivity index is 1.45. The van der Waals surface area contributed by atoms with E-state index in [1.807, 2.05) is 7.05 Å². The van der Waals surface area contributed by atoms with E-state index >= 15 is 0 Å². The van der Waals surface area contributed by atoms with Gasteiger partial charge in [-0.25, -0.2) is 0 Å². The largest absolute Gasteiger partial charge is 0.381 e. The molecule has 1 aliphatic rings. The molecule has 3 aromatic rings. The summed E-state index contributed by atoms with van der Waals surface area (Å²) in [6, 6.07) is 15.1. The molecule has 1 N–H and O–H groups in total. The minimum Gasteiger partial charge on any atom is -0.381 e. The van der Waals surface area contributed by atoms with E-state index in [1.165, 1.54) is 33.7 Å². The number of benzene rings is 2. The molecule has 1 aromatic heterocycles. The molecule has 0 unspecified atom stereocenters. The number of H-pyrrole nitrogens is 1. The van der Waals surface area contributed by atoms with Gasteiger partial charge in [-0.1, -0.05) is 36.4 Å². The summed E-state index contributed by atoms with van der Waals surface area (Å²) in [4.78, 5) is 18.8. The van der Waals surface area contributed by atoms with Gasteiger partial charge in [-0.3, -0.25) is 9.89 Å². The third-order valence-corrected chi connectivity index (χ3v) is 6.74. The fourth-order valence-corrected chi connectivity index (χ4v) is 4.84. The number of amides is 1. The highest BCUT2D eigenvalue weighted by molar-refractivity contribution is 5.97. The number of likely N-dealkylation sites (N-methyl/N-ethyl adjacent to an activating group) is 1. The summed E-state index contributed by atoms with van der Waals surface area (Å²) in [7, 11) is 3.59. The summed E-state index contributed by atoms with van der Waals surface area (Å²) in [5.41, 5.74) is 4.91. The van der Waals surface area contributed by atoms with E-state index in [0.29, 0.717) is 32.7 Å². The monoisotopic (exact) mass is 486 g/mol. The van der Waals surface area contributed by atoms with Gasteiger partial charge in [0.2, 0.25) is 5.91 Å². The number of hydrogen-bond acceptors (Lipinski definition) is 6. The number of aryl methyl sites for hydroxylation is 1. The molecule has 0 bridgehead atoms. The minimum absolute atomic E-state index is 0.110. The van der Waals surface area contributed by atoms with Crippen LogP contribution in [0.25, 0.3) is 10.8 Å². The summed E-state index contributed by atoms with van der Waals surface area (Å²) in [6.45, 7) is 5.78. The first-order chi connectivity index (χ1) is 17.5. The van der Waals surface area contributed by atoms with Gasteiger partial charge >= 0.3 is 0 Å². The molecule has 36 heavy (non-hydrogen) atoms. The number of anilines is 2. The average molecular weight is 487 g/mol. The predicted octanol–water partition coefficient (Wildman–Crippen LogP) is 3.82. The standard InChI is InChI=1S/C28H34N6O2/c1-21-8-4-9-22-10-5-11-25(27(21)22)34-16-13-23-24(20-34)30-31-28(23)32(2)17-18-33(15-7-14-29)26(35)12-6-19-36-3/h4-6,8-12H,7,13,15-20H2,1-3H3,(H,30,31)/b12-6+. The van der Waals surface area contributed by atoms with Crippen LogP contribution in [0.15, 0.2) is 48.6 Å². The number of carbonyl (C=O) groups excluding carboxylic acids is 1. The zero-order chi connectivity index (χ0) is 25.5. The van der Waals surface area contributed by atoms with Gasteiger partial charge in [-0.05, 0) is 30.4 Å². The maximum absolute atomic E-state index is 12.6. The van der Waals surface area contributed by atoms with Crippen LogP contribution in [0.4, 0.5) is 11.5 Å². The normalized spacial score (nSPS) is 13.1. The second-order valence-corrected chi connectivity index (χ2v) is 9.14. The number of carbonyl (C=O) groups is 1. The Labute approximate surface area is 212 Å². The minimum atomic E-state index is -0.110. The number of nitrogens with one attached hydrogen (secondary N) is 1. The fourth-order valence-electron chi connectivity index (χ4n) is 4.84. The topological polar surface area (TPSA) is 88.5 Å². The Morgan fingerprint density at radius 2 is 2.06 bits per heavy atom. The molecule has 8 nitrogen and oxygen atoms in total. The summed E-state index contributed by atoms with van der Waals surface area (Å²) >= 11 is 0. The molecule has 8 heteroatoms. The molecule has 0 atom stereocenters. The summed E-state index contributed by atoms with van der Waals surface area (Å²) < 4.78 is 4.98. The number of aromatic nitrogens is 2. The number of aromatic amines is 1. The number of methoxy groups -OCH3 is 1. The van der Waals surface area contributed by atoms with Crippen molar-refractivity contribution in [1.82, 2.24) is 15.1 Å². The zero-order valence-corrected chi connectivity index (χ0v) is 21.3. The van der Waals surface area contributed by atoms with Crippen molar-refractivity contribution in [3.63, 3.8) is 0 Å². The third kappa shape index (κ3) is 5.52. The maximum Gasteiger partial charge on any atom is 0.246 e. The van der Waals surface area contributed by atoms with E-state index in [9.17, 15) is 4.79 Å². The second kappa shape index (κ2) is 11.7. The molecule has 188 valence electrons. The molecule has 0 fully saturated rings. The van der Waals surface area contributed by atoms with Crippen LogP contribution in [0, 0.1) is 18.3 Å². The van der Waals surface area contributed by atoms with Crippen LogP contribution in [-0.2, 0) is 22.5 Å². The van der Waals surface area contributed by atoms with Crippen molar-refractivity contribution in [3.8, 4) is 6.07 Å². The molecule has 1 amide bonds. The number of nitrogens with zero attached hydrogens (tertiary/aromatic N) is 5. The summed E-state index contributed by atoms with van der Waals surface area (Å²) in [5, 5.41) is 19.5. The first-order valence-corrected chi connectivity index (χ1v) is 12.3. The van der Waals surface area contributed by atoms with Gasteiger partial charge in [-0.15, -0.1) is 0 Å². The first-order valence-electron chi connectivity index (χ1n) is 12.3. The van der Waals surface area contributed by atoms with Crippen LogP contribution >= 0.6 is 0 Å². The molecule has 1 aliphatic heterocycles. The van der Waals surface area contributed by atoms with E-state index in [1.54, 1.807) is 18.1 Å². The highest BCUT2D eigenvalue weighted by Crippen LogP contribution is 2.34. The molecular weight excluding hydrogens is 452 g/mol. The number of rotatable bonds is 10. The number of fused-ring (bicyclic) bond motifs is 2. The number of ether oxygens (including phenoxy) is 1. The van der Waals surface area contributed by atoms with Crippen molar-refractivity contribution < 1.29 is 9.53 Å². The van der Waals surface area contributed by atoms with Crippen molar-refractivity contribution in [3.05, 3.63) is 65.4 Å². The third-order valence-electron chi connectivity index (χ3n) is 6.74. The fraction of sp³-hybridized carbons (Fsp3) is 0.393. The molecule has 2 heterocycles. The van der Waals surface area contributed by atoms with E-state index in [0.717, 1.165) is 31.0 Å². The lowest BCUT2D eigenvalue weighted by Gasteiger charge is -2.31. The van der Waals surface area contributed by atoms with Crippen LogP contribution in [0.1, 0.15) is 23.2 Å². The molecular formula is C28H34N6O2. The van der Waals surface area contributed by atoms with Gasteiger partial charge in [0.05, 0.1) is 31.3 Å². The van der Waals surface area contributed by atoms with Crippen molar-refractivity contribution in [2.75, 3.05) is 56.7 Å². The van der Waals surface area contributed by atoms with E-state index in [4.69, 9.17) is 10.00 Å². The summed E-state index contributed by atoms with van der Waals surface area (Å²) in [6.07, 6.45) is 4.40. The quantitative estimate of drug-likeness (QED) is 0.439. The highest BCUT2D eigenvalue weighted by Gasteiger charge is 2.25. The first kappa shape index (κ1) is 25.3. The Bertz CT molecular complexity index is 1270. The van der Waals surface area contributed by atoms with Gasteiger partial charge in [-0.2, -0.15) is 10.4 Å². The Kier molecular flexibility index (Phi) is 8.24. The molecule has 0 radical (unpaired) electrons. The van der Waals surface area contributed by atoms with E-state index in [-0.39, 0.29) is 5.91 Å². The molecule has 0 saturated carbocycles. The van der Waals surface area contributed by atoms with Crippen LogP contribution < -0.4 is 9.80 Å². The van der Waals surface area contributed by atoms with Gasteiger partial charge in [0.25, 0.3) is 0 Å². The summed E-state index contributed by atoms with van der Waals surface area (Å²) in [5.74, 6) is 0.821. The van der Waals surface area contributed by atoms with E-state index < -0.39 is 0 Å². The second-order valence-electron chi connectivity index (χ2n) is 9.14. The van der Waals surface area contributed by atoms with Crippen LogP contribution in [-0.4, -0.2) is 67.9 Å². The smallest absolute Gasteiger partial charge is 0.246 e. The predicted molar refractivity (Wildman–Crippen MR) is 143 cm³/mol. The van der Waals surface area contributed by atoms with E-state index in [2.05, 4.69) is 69.4 Å². The zero-order valence-electron chi connectivity index (χ0n) is 21.3. The van der Waals surface area contributed by atoms with Gasteiger partial charge in [0.1, 0.15) is 0 Å². The van der Waals surface area contributed by atoms with Crippen LogP contribution in [0.2, 0.25) is 0 Å². The highest BCUT2D eigenvalue weighted by atomic mass is 16.5. The van der Waals surface area contributed by atoms with Crippen molar-refractivity contribution in [1.29, 1.82) is 5.26 Å². The van der Waals surface area contributed by atoms with Crippen LogP contribution in [0.5, 0.6) is 0 Å². The molecule has 4 rings (SSSR count). The molecule has 0 saturated heterocycles. The Morgan fingerprint density at radius 3 is 2.83 bits per heavy atom. The lowest BCUT2D eigenvalue weighted by atomic mass is 10.0. The Hall–Kier alpha value is -3.83. The number of nitriles is 1. The molecule has 0 spiro atoms. The maximum atomic E-state index is 12.6.